The Labute approximate surface area is 94.9 Å². The fourth-order valence-electron chi connectivity index (χ4n) is 1.87. The molecule has 1 rings (SSSR count). The number of rotatable bonds is 7. The molecule has 0 aliphatic carbocycles. The molecular formula is C11H26N2OP+. The summed E-state index contributed by atoms with van der Waals surface area (Å²) in [4.78, 5) is 0. The van der Waals surface area contributed by atoms with Crippen molar-refractivity contribution in [3.05, 3.63) is 0 Å². The smallest absolute Gasteiger partial charge is 0.200 e. The summed E-state index contributed by atoms with van der Waals surface area (Å²) >= 11 is 0. The highest BCUT2D eigenvalue weighted by molar-refractivity contribution is 7.67. The van der Waals surface area contributed by atoms with Crippen LogP contribution in [0.3, 0.4) is 0 Å². The van der Waals surface area contributed by atoms with Gasteiger partial charge in [0.25, 0.3) is 7.79 Å². The van der Waals surface area contributed by atoms with Crippen molar-refractivity contribution in [3.63, 3.8) is 0 Å². The van der Waals surface area contributed by atoms with Crippen LogP contribution in [0.5, 0.6) is 0 Å². The van der Waals surface area contributed by atoms with E-state index in [4.69, 9.17) is 4.52 Å². The van der Waals surface area contributed by atoms with E-state index in [0.29, 0.717) is 0 Å². The Morgan fingerprint density at radius 1 is 1.27 bits per heavy atom. The van der Waals surface area contributed by atoms with E-state index < -0.39 is 7.79 Å². The van der Waals surface area contributed by atoms with Crippen LogP contribution in [0, 0.1) is 0 Å². The molecule has 15 heavy (non-hydrogen) atoms. The van der Waals surface area contributed by atoms with Crippen molar-refractivity contribution in [1.82, 2.24) is 10.2 Å². The molecule has 0 radical (unpaired) electrons. The first-order valence-corrected chi connectivity index (χ1v) is 8.25. The number of nitrogens with one attached hydrogen (secondary N) is 2. The van der Waals surface area contributed by atoms with Gasteiger partial charge < -0.3 is 0 Å². The van der Waals surface area contributed by atoms with Crippen LogP contribution in [0.1, 0.15) is 46.0 Å². The highest BCUT2D eigenvalue weighted by Crippen LogP contribution is 2.53. The Bertz CT molecular complexity index is 155. The third-order valence-corrected chi connectivity index (χ3v) is 5.86. The molecule has 0 aromatic heterocycles. The molecule has 1 atom stereocenters. The summed E-state index contributed by atoms with van der Waals surface area (Å²) in [5, 5.41) is 7.24. The van der Waals surface area contributed by atoms with Crippen molar-refractivity contribution in [2.45, 2.75) is 46.0 Å². The summed E-state index contributed by atoms with van der Waals surface area (Å²) in [6.07, 6.45) is 7.39. The predicted molar refractivity (Wildman–Crippen MR) is 68.2 cm³/mol. The summed E-state index contributed by atoms with van der Waals surface area (Å²) in [5.74, 6) is 0. The first-order valence-electron chi connectivity index (χ1n) is 6.36. The van der Waals surface area contributed by atoms with Gasteiger partial charge in [-0.15, -0.1) is 0 Å². The summed E-state index contributed by atoms with van der Waals surface area (Å²) < 4.78 is 5.98. The number of unbranched alkanes of at least 4 members (excludes halogenated alkanes) is 2. The Kier molecular flexibility index (Phi) is 6.74. The molecule has 0 aromatic carbocycles. The van der Waals surface area contributed by atoms with Crippen LogP contribution in [0.2, 0.25) is 0 Å². The molecule has 0 spiro atoms. The molecule has 1 fully saturated rings. The minimum atomic E-state index is -1.43. The van der Waals surface area contributed by atoms with Crippen LogP contribution in [0.25, 0.3) is 0 Å². The minimum absolute atomic E-state index is 0.932. The zero-order valence-electron chi connectivity index (χ0n) is 10.2. The quantitative estimate of drug-likeness (QED) is 0.524. The SMILES string of the molecule is CCCCCN[P+]1(CCC)NCCCO1. The molecular weight excluding hydrogens is 207 g/mol. The van der Waals surface area contributed by atoms with Gasteiger partial charge in [0, 0.05) is 13.1 Å². The van der Waals surface area contributed by atoms with Crippen molar-refractivity contribution in [3.8, 4) is 0 Å². The van der Waals surface area contributed by atoms with Gasteiger partial charge in [0.15, 0.2) is 0 Å². The normalized spacial score (nSPS) is 26.8. The van der Waals surface area contributed by atoms with Crippen LogP contribution in [0.15, 0.2) is 0 Å². The Balaban J connectivity index is 2.28. The summed E-state index contributed by atoms with van der Waals surface area (Å²) in [5.41, 5.74) is 0. The molecule has 0 aromatic rings. The number of hydrogen-bond donors (Lipinski definition) is 2. The standard InChI is InChI=1S/C11H26N2OP/c1-3-5-6-8-12-15(11-4-2)13-9-7-10-14-15/h12-13H,3-11H2,1-2H3/q+1. The second-order valence-electron chi connectivity index (χ2n) is 4.17. The van der Waals surface area contributed by atoms with Gasteiger partial charge in [-0.3, -0.25) is 0 Å². The van der Waals surface area contributed by atoms with Gasteiger partial charge in [-0.2, -0.15) is 14.7 Å². The molecule has 0 saturated carbocycles. The highest BCUT2D eigenvalue weighted by atomic mass is 31.2. The van der Waals surface area contributed by atoms with E-state index in [-0.39, 0.29) is 0 Å². The van der Waals surface area contributed by atoms with Gasteiger partial charge in [-0.05, 0) is 19.3 Å². The minimum Gasteiger partial charge on any atom is -0.200 e. The Morgan fingerprint density at radius 2 is 2.13 bits per heavy atom. The predicted octanol–water partition coefficient (Wildman–Crippen LogP) is 2.95. The summed E-state index contributed by atoms with van der Waals surface area (Å²) in [6, 6.07) is 0. The zero-order valence-corrected chi connectivity index (χ0v) is 11.1. The average molecular weight is 233 g/mol. The lowest BCUT2D eigenvalue weighted by atomic mass is 10.3. The lowest BCUT2D eigenvalue weighted by Gasteiger charge is -2.29. The van der Waals surface area contributed by atoms with E-state index in [1.54, 1.807) is 0 Å². The van der Waals surface area contributed by atoms with Gasteiger partial charge in [-0.1, -0.05) is 26.7 Å². The Morgan fingerprint density at radius 3 is 2.73 bits per heavy atom. The van der Waals surface area contributed by atoms with Gasteiger partial charge in [-0.25, -0.2) is 0 Å². The van der Waals surface area contributed by atoms with E-state index in [1.165, 1.54) is 31.8 Å². The zero-order chi connectivity index (χ0) is 11.0. The molecule has 1 aliphatic heterocycles. The fraction of sp³-hybridized carbons (Fsp3) is 1.00. The van der Waals surface area contributed by atoms with Crippen molar-refractivity contribution in [1.29, 1.82) is 0 Å². The molecule has 1 heterocycles. The van der Waals surface area contributed by atoms with Gasteiger partial charge in [0.2, 0.25) is 0 Å². The molecule has 1 aliphatic rings. The van der Waals surface area contributed by atoms with E-state index in [0.717, 1.165) is 26.1 Å². The van der Waals surface area contributed by atoms with Crippen molar-refractivity contribution in [2.24, 2.45) is 0 Å². The molecule has 2 N–H and O–H groups in total. The van der Waals surface area contributed by atoms with Crippen LogP contribution >= 0.6 is 7.79 Å². The second-order valence-corrected chi connectivity index (χ2v) is 6.99. The van der Waals surface area contributed by atoms with Gasteiger partial charge in [0.05, 0.1) is 6.61 Å². The highest BCUT2D eigenvalue weighted by Gasteiger charge is 2.40. The van der Waals surface area contributed by atoms with Crippen LogP contribution in [-0.2, 0) is 4.52 Å². The fourth-order valence-corrected chi connectivity index (χ4v) is 4.72. The van der Waals surface area contributed by atoms with E-state index in [9.17, 15) is 0 Å². The van der Waals surface area contributed by atoms with Crippen LogP contribution in [0.4, 0.5) is 0 Å². The molecule has 90 valence electrons. The topological polar surface area (TPSA) is 33.3 Å². The number of hydrogen-bond acceptors (Lipinski definition) is 3. The van der Waals surface area contributed by atoms with Gasteiger partial charge >= 0.3 is 0 Å². The second kappa shape index (κ2) is 7.56. The molecule has 1 unspecified atom stereocenters. The van der Waals surface area contributed by atoms with Gasteiger partial charge in [0.1, 0.15) is 6.16 Å². The third kappa shape index (κ3) is 4.78. The van der Waals surface area contributed by atoms with Crippen LogP contribution in [-0.4, -0.2) is 25.9 Å². The van der Waals surface area contributed by atoms with E-state index in [2.05, 4.69) is 24.0 Å². The molecule has 3 nitrogen and oxygen atoms in total. The lowest BCUT2D eigenvalue weighted by molar-refractivity contribution is 0.294. The maximum absolute atomic E-state index is 5.98. The monoisotopic (exact) mass is 233 g/mol. The molecule has 1 saturated heterocycles. The van der Waals surface area contributed by atoms with E-state index in [1.807, 2.05) is 0 Å². The first kappa shape index (κ1) is 13.4. The summed E-state index contributed by atoms with van der Waals surface area (Å²) in [7, 11) is -1.43. The Hall–Kier alpha value is 0.310. The molecule has 4 heteroatoms. The largest absolute Gasteiger partial charge is 0.284 e. The molecule has 0 amide bonds. The maximum Gasteiger partial charge on any atom is 0.284 e. The van der Waals surface area contributed by atoms with Crippen LogP contribution < -0.4 is 10.2 Å². The average Bonchev–Trinajstić information content (AvgIpc) is 2.26. The first-order chi connectivity index (χ1) is 7.33. The lowest BCUT2D eigenvalue weighted by Crippen LogP contribution is -2.37. The van der Waals surface area contributed by atoms with Crippen molar-refractivity contribution in [2.75, 3.05) is 25.9 Å². The van der Waals surface area contributed by atoms with Crippen molar-refractivity contribution < 1.29 is 4.52 Å². The molecule has 0 bridgehead atoms. The summed E-state index contributed by atoms with van der Waals surface area (Å²) in [6.45, 7) is 7.63. The maximum atomic E-state index is 5.98. The third-order valence-electron chi connectivity index (χ3n) is 2.69. The van der Waals surface area contributed by atoms with E-state index >= 15 is 0 Å². The van der Waals surface area contributed by atoms with Crippen molar-refractivity contribution >= 4 is 7.79 Å².